The van der Waals surface area contributed by atoms with Crippen molar-refractivity contribution in [2.75, 3.05) is 0 Å². The summed E-state index contributed by atoms with van der Waals surface area (Å²) >= 11 is 6.02. The summed E-state index contributed by atoms with van der Waals surface area (Å²) in [5.74, 6) is 0.803. The number of β-lactam (4-membered cyclic amide) rings is 1. The second kappa shape index (κ2) is 14.8. The summed E-state index contributed by atoms with van der Waals surface area (Å²) < 4.78 is 0. The predicted octanol–water partition coefficient (Wildman–Crippen LogP) is 8.40. The van der Waals surface area contributed by atoms with Gasteiger partial charge in [-0.15, -0.1) is 11.6 Å². The molecule has 1 aromatic rings. The standard InChI is InChI=1S/C36H55ClN2O3/c1-5-24-36(7-3,32(40)27-22-20-26(25-37)21-23-27)38-30-18-14-10-8-12-16-28(30)33(41)35(4,6-2)39-31-19-15-11-9-13-17-29(31)34(39)42/h20-23,28-31,38H,5-19,24-25H2,1-4H3/t28-,29-,30+,31+,35?,36?/m1/s1. The Balaban J connectivity index is 1.65. The fourth-order valence-corrected chi connectivity index (χ4v) is 8.44. The number of benzene rings is 1. The van der Waals surface area contributed by atoms with Gasteiger partial charge in [-0.3, -0.25) is 14.4 Å². The van der Waals surface area contributed by atoms with Gasteiger partial charge in [0.15, 0.2) is 11.6 Å². The molecule has 2 unspecified atom stereocenters. The highest BCUT2D eigenvalue weighted by molar-refractivity contribution is 6.17. The third-order valence-electron chi connectivity index (χ3n) is 11.0. The number of fused-ring (bicyclic) bond motifs is 1. The quantitative estimate of drug-likeness (QED) is 0.149. The largest absolute Gasteiger partial charge is 0.326 e. The van der Waals surface area contributed by atoms with E-state index in [1.165, 1.54) is 12.8 Å². The summed E-state index contributed by atoms with van der Waals surface area (Å²) in [6.07, 6.45) is 15.6. The number of nitrogens with one attached hydrogen (secondary N) is 1. The Labute approximate surface area is 259 Å². The number of carbonyl (C=O) groups is 3. The molecule has 5 nitrogen and oxygen atoms in total. The fraction of sp³-hybridized carbons (Fsp3) is 0.750. The first kappa shape index (κ1) is 33.2. The molecule has 6 heteroatoms. The third-order valence-corrected chi connectivity index (χ3v) is 11.3. The van der Waals surface area contributed by atoms with Gasteiger partial charge in [-0.05, 0) is 57.4 Å². The van der Waals surface area contributed by atoms with Crippen LogP contribution >= 0.6 is 11.6 Å². The van der Waals surface area contributed by atoms with E-state index in [2.05, 4.69) is 26.1 Å². The molecule has 1 heterocycles. The minimum Gasteiger partial charge on any atom is -0.326 e. The van der Waals surface area contributed by atoms with Crippen molar-refractivity contribution in [1.29, 1.82) is 0 Å². The van der Waals surface area contributed by atoms with Crippen LogP contribution in [0.3, 0.4) is 0 Å². The van der Waals surface area contributed by atoms with E-state index in [0.29, 0.717) is 24.3 Å². The number of hydrogen-bond acceptors (Lipinski definition) is 4. The number of halogens is 1. The van der Waals surface area contributed by atoms with Crippen molar-refractivity contribution < 1.29 is 14.4 Å². The lowest BCUT2D eigenvalue weighted by molar-refractivity contribution is -0.176. The van der Waals surface area contributed by atoms with Crippen molar-refractivity contribution in [3.63, 3.8) is 0 Å². The first-order valence-corrected chi connectivity index (χ1v) is 17.6. The van der Waals surface area contributed by atoms with E-state index in [4.69, 9.17) is 11.6 Å². The van der Waals surface area contributed by atoms with Crippen LogP contribution in [0.15, 0.2) is 24.3 Å². The molecule has 0 radical (unpaired) electrons. The smallest absolute Gasteiger partial charge is 0.228 e. The number of Topliss-reactive ketones (excluding diaryl/α,β-unsaturated/α-hetero) is 2. The van der Waals surface area contributed by atoms with Gasteiger partial charge in [-0.1, -0.05) is 103 Å². The number of likely N-dealkylation sites (tertiary alicyclic amines) is 1. The molecule has 6 atom stereocenters. The Bertz CT molecular complexity index is 1070. The highest BCUT2D eigenvalue weighted by Crippen LogP contribution is 2.44. The van der Waals surface area contributed by atoms with Gasteiger partial charge in [0.25, 0.3) is 0 Å². The number of rotatable bonds is 12. The molecule has 1 amide bonds. The maximum Gasteiger partial charge on any atom is 0.228 e. The van der Waals surface area contributed by atoms with Gasteiger partial charge in [0, 0.05) is 29.4 Å². The summed E-state index contributed by atoms with van der Waals surface area (Å²) in [7, 11) is 0. The van der Waals surface area contributed by atoms with Crippen LogP contribution in [0.25, 0.3) is 0 Å². The van der Waals surface area contributed by atoms with E-state index in [1.54, 1.807) is 0 Å². The van der Waals surface area contributed by atoms with Gasteiger partial charge < -0.3 is 10.2 Å². The van der Waals surface area contributed by atoms with Crippen LogP contribution in [0.2, 0.25) is 0 Å². The molecule has 0 aromatic heterocycles. The van der Waals surface area contributed by atoms with E-state index in [9.17, 15) is 14.4 Å². The Kier molecular flexibility index (Phi) is 11.7. The summed E-state index contributed by atoms with van der Waals surface area (Å²) in [4.78, 5) is 44.7. The van der Waals surface area contributed by atoms with Gasteiger partial charge in [-0.2, -0.15) is 0 Å². The van der Waals surface area contributed by atoms with Crippen LogP contribution in [-0.4, -0.2) is 45.5 Å². The Morgan fingerprint density at radius 3 is 2.10 bits per heavy atom. The van der Waals surface area contributed by atoms with Crippen molar-refractivity contribution >= 4 is 29.1 Å². The van der Waals surface area contributed by atoms with Crippen LogP contribution in [0.4, 0.5) is 0 Å². The molecule has 1 aliphatic heterocycles. The second-order valence-corrected chi connectivity index (χ2v) is 13.8. The SMILES string of the molecule is CCCC(CC)(N[C@H]1CCCCCC[C@H]1C(=O)C(C)(CC)N1C(=O)[C@@H]2CCCCCC[C@@H]21)C(=O)c1ccc(CCl)cc1. The first-order chi connectivity index (χ1) is 20.3. The molecule has 1 saturated heterocycles. The van der Waals surface area contributed by atoms with Crippen molar-refractivity contribution in [3.05, 3.63) is 35.4 Å². The van der Waals surface area contributed by atoms with E-state index in [1.807, 2.05) is 36.1 Å². The van der Waals surface area contributed by atoms with Crippen LogP contribution in [-0.2, 0) is 15.5 Å². The van der Waals surface area contributed by atoms with Crippen molar-refractivity contribution in [1.82, 2.24) is 10.2 Å². The first-order valence-electron chi connectivity index (χ1n) is 17.1. The van der Waals surface area contributed by atoms with Crippen molar-refractivity contribution in [2.24, 2.45) is 11.8 Å². The average Bonchev–Trinajstić information content (AvgIpc) is 2.98. The van der Waals surface area contributed by atoms with Gasteiger partial charge in [0.1, 0.15) is 0 Å². The normalized spacial score (nSPS) is 28.1. The molecule has 2 saturated carbocycles. The zero-order chi connectivity index (χ0) is 30.3. The molecule has 1 N–H and O–H groups in total. The minimum absolute atomic E-state index is 0.0919. The van der Waals surface area contributed by atoms with E-state index >= 15 is 0 Å². The molecule has 2 aliphatic carbocycles. The zero-order valence-corrected chi connectivity index (χ0v) is 27.4. The minimum atomic E-state index is -0.803. The summed E-state index contributed by atoms with van der Waals surface area (Å²) in [6, 6.07) is 7.78. The number of hydrogen-bond donors (Lipinski definition) is 1. The maximum atomic E-state index is 14.8. The van der Waals surface area contributed by atoms with Gasteiger partial charge >= 0.3 is 0 Å². The number of carbonyl (C=O) groups excluding carboxylic acids is 3. The number of nitrogens with zero attached hydrogens (tertiary/aromatic N) is 1. The van der Waals surface area contributed by atoms with Gasteiger partial charge in [0.2, 0.25) is 5.91 Å². The Morgan fingerprint density at radius 2 is 1.50 bits per heavy atom. The molecule has 0 bridgehead atoms. The lowest BCUT2D eigenvalue weighted by Gasteiger charge is -2.57. The lowest BCUT2D eigenvalue weighted by atomic mass is 9.69. The molecule has 234 valence electrons. The molecule has 3 aliphatic rings. The van der Waals surface area contributed by atoms with Gasteiger partial charge in [-0.25, -0.2) is 0 Å². The van der Waals surface area contributed by atoms with E-state index in [0.717, 1.165) is 82.6 Å². The summed E-state index contributed by atoms with van der Waals surface area (Å²) in [6.45, 7) is 8.35. The number of ketones is 2. The lowest BCUT2D eigenvalue weighted by Crippen LogP contribution is -2.72. The molecule has 42 heavy (non-hydrogen) atoms. The second-order valence-electron chi connectivity index (χ2n) is 13.6. The van der Waals surface area contributed by atoms with Gasteiger partial charge in [0.05, 0.1) is 17.0 Å². The summed E-state index contributed by atoms with van der Waals surface area (Å²) in [5, 5.41) is 3.90. The maximum absolute atomic E-state index is 14.8. The van der Waals surface area contributed by atoms with Crippen LogP contribution in [0, 0.1) is 11.8 Å². The highest BCUT2D eigenvalue weighted by Gasteiger charge is 2.57. The average molecular weight is 599 g/mol. The monoisotopic (exact) mass is 598 g/mol. The molecule has 4 rings (SSSR count). The van der Waals surface area contributed by atoms with Crippen molar-refractivity contribution in [3.8, 4) is 0 Å². The molecule has 0 spiro atoms. The zero-order valence-electron chi connectivity index (χ0n) is 26.7. The third kappa shape index (κ3) is 6.67. The highest BCUT2D eigenvalue weighted by atomic mass is 35.5. The van der Waals surface area contributed by atoms with Crippen LogP contribution < -0.4 is 5.32 Å². The Morgan fingerprint density at radius 1 is 0.881 bits per heavy atom. The Hall–Kier alpha value is -1.72. The van der Waals surface area contributed by atoms with Crippen molar-refractivity contribution in [2.45, 2.75) is 159 Å². The molecular weight excluding hydrogens is 544 g/mol. The van der Waals surface area contributed by atoms with E-state index < -0.39 is 11.1 Å². The number of amides is 1. The predicted molar refractivity (Wildman–Crippen MR) is 172 cm³/mol. The molecular formula is C36H55ClN2O3. The van der Waals surface area contributed by atoms with Crippen LogP contribution in [0.1, 0.15) is 146 Å². The topological polar surface area (TPSA) is 66.5 Å². The van der Waals surface area contributed by atoms with Crippen LogP contribution in [0.5, 0.6) is 0 Å². The number of alkyl halides is 1. The summed E-state index contributed by atoms with van der Waals surface area (Å²) in [5.41, 5.74) is 0.150. The molecule has 3 fully saturated rings. The fourth-order valence-electron chi connectivity index (χ4n) is 8.26. The molecule has 1 aromatic carbocycles. The van der Waals surface area contributed by atoms with E-state index in [-0.39, 0.29) is 41.4 Å².